The summed E-state index contributed by atoms with van der Waals surface area (Å²) in [6, 6.07) is 11.5. The van der Waals surface area contributed by atoms with Crippen molar-refractivity contribution in [1.82, 2.24) is 9.80 Å². The Labute approximate surface area is 172 Å². The number of imide groups is 1. The van der Waals surface area contributed by atoms with E-state index in [1.54, 1.807) is 34.1 Å². The van der Waals surface area contributed by atoms with Gasteiger partial charge in [-0.1, -0.05) is 24.3 Å². The molecule has 0 bridgehead atoms. The molecule has 0 unspecified atom stereocenters. The van der Waals surface area contributed by atoms with Crippen molar-refractivity contribution in [3.8, 4) is 0 Å². The Morgan fingerprint density at radius 1 is 1.00 bits per heavy atom. The third-order valence-electron chi connectivity index (χ3n) is 5.62. The first kappa shape index (κ1) is 20.0. The number of likely N-dealkylation sites (tertiary alicyclic amines) is 1. The van der Waals surface area contributed by atoms with Crippen molar-refractivity contribution in [2.45, 2.75) is 25.3 Å². The predicted octanol–water partition coefficient (Wildman–Crippen LogP) is 2.97. The van der Waals surface area contributed by atoms with E-state index in [0.29, 0.717) is 31.6 Å². The Morgan fingerprint density at radius 3 is 2.37 bits per heavy atom. The Morgan fingerprint density at radius 2 is 1.70 bits per heavy atom. The molecule has 0 aliphatic carbocycles. The zero-order chi connectivity index (χ0) is 21.3. The van der Waals surface area contributed by atoms with E-state index in [4.69, 9.17) is 0 Å². The molecule has 0 saturated carbocycles. The van der Waals surface area contributed by atoms with Crippen molar-refractivity contribution in [3.63, 3.8) is 0 Å². The third-order valence-corrected chi connectivity index (χ3v) is 5.62. The van der Waals surface area contributed by atoms with Crippen molar-refractivity contribution in [2.24, 2.45) is 0 Å². The van der Waals surface area contributed by atoms with Crippen LogP contribution in [0.25, 0.3) is 0 Å². The molecule has 2 fully saturated rings. The molecule has 0 atom stereocenters. The molecule has 8 heteroatoms. The average Bonchev–Trinajstić information content (AvgIpc) is 3.04. The van der Waals surface area contributed by atoms with E-state index in [1.165, 1.54) is 11.0 Å². The number of carbonyl (C=O) groups excluding carboxylic acids is 3. The van der Waals surface area contributed by atoms with Crippen LogP contribution in [0.3, 0.4) is 0 Å². The number of benzene rings is 2. The number of amides is 4. The first-order chi connectivity index (χ1) is 14.4. The highest BCUT2D eigenvalue weighted by atomic mass is 19.1. The van der Waals surface area contributed by atoms with Gasteiger partial charge in [-0.2, -0.15) is 0 Å². The summed E-state index contributed by atoms with van der Waals surface area (Å²) in [6.45, 7) is 0.846. The van der Waals surface area contributed by atoms with Gasteiger partial charge in [0.1, 0.15) is 18.2 Å². The Hall–Kier alpha value is -3.29. The van der Waals surface area contributed by atoms with Crippen LogP contribution in [0.15, 0.2) is 48.5 Å². The first-order valence-corrected chi connectivity index (χ1v) is 9.84. The lowest BCUT2D eigenvalue weighted by atomic mass is 10.0. The lowest BCUT2D eigenvalue weighted by Crippen LogP contribution is -2.48. The molecule has 156 valence electrons. The fraction of sp³-hybridized carbons (Fsp3) is 0.318. The number of piperidine rings is 1. The van der Waals surface area contributed by atoms with Gasteiger partial charge >= 0.3 is 6.03 Å². The molecule has 0 radical (unpaired) electrons. The molecule has 4 amide bonds. The molecule has 6 nitrogen and oxygen atoms in total. The minimum absolute atomic E-state index is 0.0210. The molecule has 30 heavy (non-hydrogen) atoms. The highest BCUT2D eigenvalue weighted by Gasteiger charge is 2.41. The molecule has 2 aromatic carbocycles. The molecular weight excluding hydrogens is 392 g/mol. The number of carbonyl (C=O) groups is 3. The van der Waals surface area contributed by atoms with Gasteiger partial charge in [-0.3, -0.25) is 9.59 Å². The molecule has 0 aromatic heterocycles. The number of rotatable bonds is 4. The minimum Gasteiger partial charge on any atom is -0.342 e. The second-order valence-electron chi connectivity index (χ2n) is 7.50. The second kappa shape index (κ2) is 8.22. The Kier molecular flexibility index (Phi) is 5.48. The molecule has 2 heterocycles. The average molecular weight is 413 g/mol. The van der Waals surface area contributed by atoms with E-state index < -0.39 is 11.6 Å². The molecule has 0 N–H and O–H groups in total. The van der Waals surface area contributed by atoms with Crippen molar-refractivity contribution in [1.29, 1.82) is 0 Å². The maximum absolute atomic E-state index is 13.8. The van der Waals surface area contributed by atoms with Crippen LogP contribution in [0.2, 0.25) is 0 Å². The molecule has 4 rings (SSSR count). The standard InChI is InChI=1S/C22H21F2N3O3/c23-16-7-6-15(19(24)13-16)12-20(28)25-10-8-17(9-11-25)26-14-21(29)27(22(26)30)18-4-2-1-3-5-18/h1-7,13,17H,8-12,14H2. The molecule has 2 saturated heterocycles. The molecular formula is C22H21F2N3O3. The summed E-state index contributed by atoms with van der Waals surface area (Å²) in [5.41, 5.74) is 0.700. The number of urea groups is 1. The van der Waals surface area contributed by atoms with E-state index in [1.807, 2.05) is 6.07 Å². The molecule has 0 spiro atoms. The monoisotopic (exact) mass is 413 g/mol. The summed E-state index contributed by atoms with van der Waals surface area (Å²) in [6.07, 6.45) is 0.943. The summed E-state index contributed by atoms with van der Waals surface area (Å²) >= 11 is 0. The van der Waals surface area contributed by atoms with Gasteiger partial charge in [0.25, 0.3) is 5.91 Å². The maximum Gasteiger partial charge on any atom is 0.332 e. The van der Waals surface area contributed by atoms with Gasteiger partial charge in [-0.05, 0) is 36.6 Å². The zero-order valence-corrected chi connectivity index (χ0v) is 16.3. The van der Waals surface area contributed by atoms with Crippen LogP contribution in [-0.4, -0.2) is 53.3 Å². The summed E-state index contributed by atoms with van der Waals surface area (Å²) in [5.74, 6) is -1.93. The number of hydrogen-bond donors (Lipinski definition) is 0. The maximum atomic E-state index is 13.8. The van der Waals surface area contributed by atoms with Crippen LogP contribution in [0.4, 0.5) is 19.3 Å². The van der Waals surface area contributed by atoms with E-state index >= 15 is 0 Å². The molecule has 2 aliphatic heterocycles. The lowest BCUT2D eigenvalue weighted by Gasteiger charge is -2.36. The van der Waals surface area contributed by atoms with Crippen LogP contribution in [0, 0.1) is 11.6 Å². The topological polar surface area (TPSA) is 60.9 Å². The molecule has 2 aliphatic rings. The Bertz CT molecular complexity index is 975. The SMILES string of the molecule is O=C(Cc1ccc(F)cc1F)N1CCC(N2CC(=O)N(c3ccccc3)C2=O)CC1. The van der Waals surface area contributed by atoms with Crippen molar-refractivity contribution in [2.75, 3.05) is 24.5 Å². The van der Waals surface area contributed by atoms with Gasteiger partial charge in [-0.15, -0.1) is 0 Å². The van der Waals surface area contributed by atoms with E-state index in [-0.39, 0.29) is 42.4 Å². The number of nitrogens with zero attached hydrogens (tertiary/aromatic N) is 3. The fourth-order valence-corrected chi connectivity index (χ4v) is 4.00. The second-order valence-corrected chi connectivity index (χ2v) is 7.50. The predicted molar refractivity (Wildman–Crippen MR) is 106 cm³/mol. The van der Waals surface area contributed by atoms with Crippen molar-refractivity contribution < 1.29 is 23.2 Å². The quantitative estimate of drug-likeness (QED) is 0.724. The normalized spacial score (nSPS) is 17.7. The summed E-state index contributed by atoms with van der Waals surface area (Å²) in [5, 5.41) is 0. The summed E-state index contributed by atoms with van der Waals surface area (Å²) in [4.78, 5) is 42.1. The minimum atomic E-state index is -0.736. The van der Waals surface area contributed by atoms with Crippen molar-refractivity contribution >= 4 is 23.5 Å². The summed E-state index contributed by atoms with van der Waals surface area (Å²) < 4.78 is 26.8. The summed E-state index contributed by atoms with van der Waals surface area (Å²) in [7, 11) is 0. The zero-order valence-electron chi connectivity index (χ0n) is 16.3. The van der Waals surface area contributed by atoms with Crippen LogP contribution >= 0.6 is 0 Å². The van der Waals surface area contributed by atoms with E-state index in [2.05, 4.69) is 0 Å². The number of hydrogen-bond acceptors (Lipinski definition) is 3. The van der Waals surface area contributed by atoms with Crippen LogP contribution in [0.1, 0.15) is 18.4 Å². The van der Waals surface area contributed by atoms with Gasteiger partial charge < -0.3 is 9.80 Å². The van der Waals surface area contributed by atoms with Crippen LogP contribution in [-0.2, 0) is 16.0 Å². The molecule has 2 aromatic rings. The van der Waals surface area contributed by atoms with E-state index in [0.717, 1.165) is 12.1 Å². The van der Waals surface area contributed by atoms with Gasteiger partial charge in [0.05, 0.1) is 12.1 Å². The third kappa shape index (κ3) is 3.90. The smallest absolute Gasteiger partial charge is 0.332 e. The number of para-hydroxylation sites is 1. The highest BCUT2D eigenvalue weighted by molar-refractivity contribution is 6.19. The number of halogens is 2. The van der Waals surface area contributed by atoms with Gasteiger partial charge in [0, 0.05) is 25.2 Å². The largest absolute Gasteiger partial charge is 0.342 e. The van der Waals surface area contributed by atoms with Crippen LogP contribution < -0.4 is 4.90 Å². The Balaban J connectivity index is 1.36. The van der Waals surface area contributed by atoms with Crippen LogP contribution in [0.5, 0.6) is 0 Å². The van der Waals surface area contributed by atoms with Gasteiger partial charge in [0.15, 0.2) is 0 Å². The van der Waals surface area contributed by atoms with Crippen molar-refractivity contribution in [3.05, 3.63) is 65.7 Å². The van der Waals surface area contributed by atoms with E-state index in [9.17, 15) is 23.2 Å². The van der Waals surface area contributed by atoms with Gasteiger partial charge in [-0.25, -0.2) is 18.5 Å². The van der Waals surface area contributed by atoms with Gasteiger partial charge in [0.2, 0.25) is 5.91 Å². The fourth-order valence-electron chi connectivity index (χ4n) is 4.00. The highest BCUT2D eigenvalue weighted by Crippen LogP contribution is 2.26. The number of anilines is 1. The lowest BCUT2D eigenvalue weighted by molar-refractivity contribution is -0.132. The first-order valence-electron chi connectivity index (χ1n) is 9.84.